The molecule has 0 radical (unpaired) electrons. The second-order valence-electron chi connectivity index (χ2n) is 13.1. The maximum atomic E-state index is 15.3. The summed E-state index contributed by atoms with van der Waals surface area (Å²) in [5.41, 5.74) is 9.35. The molecule has 2 nitrogen and oxygen atoms in total. The average molecular weight is 643 g/mol. The van der Waals surface area contributed by atoms with E-state index in [1.165, 1.54) is 65.8 Å². The molecule has 0 fully saturated rings. The lowest BCUT2D eigenvalue weighted by Gasteiger charge is -2.27. The molecule has 0 saturated heterocycles. The van der Waals surface area contributed by atoms with Crippen LogP contribution < -0.4 is 4.90 Å². The van der Waals surface area contributed by atoms with Crippen LogP contribution in [0.3, 0.4) is 0 Å². The normalized spacial score (nSPS) is 11.8. The van der Waals surface area contributed by atoms with Gasteiger partial charge in [0.1, 0.15) is 5.82 Å². The molecule has 0 unspecified atom stereocenters. The summed E-state index contributed by atoms with van der Waals surface area (Å²) in [4.78, 5) is 2.01. The lowest BCUT2D eigenvalue weighted by atomic mass is 9.89. The van der Waals surface area contributed by atoms with Crippen LogP contribution in [0.25, 0.3) is 70.9 Å². The van der Waals surface area contributed by atoms with Gasteiger partial charge >= 0.3 is 0 Å². The van der Waals surface area contributed by atoms with Crippen molar-refractivity contribution < 1.29 is 4.39 Å². The molecule has 10 aromatic rings. The van der Waals surface area contributed by atoms with Crippen LogP contribution in [0.2, 0.25) is 0 Å². The Morgan fingerprint density at radius 3 is 1.98 bits per heavy atom. The standard InChI is InChI=1S/C47H31FN2/c1-30-11-5-8-16-42(30)49(44-18-10-7-15-41(44)48)35-24-21-31(22-25-35)36-26-23-32-19-20-33-29-40-37-14-6-9-17-43(37)50(34-12-3-2-4-13-34)47(40)39-28-27-38(36)45(32)46(33)39/h2-29H,1H3. The van der Waals surface area contributed by atoms with E-state index in [0.29, 0.717) is 5.69 Å². The van der Waals surface area contributed by atoms with Crippen LogP contribution in [0.15, 0.2) is 170 Å². The first-order valence-corrected chi connectivity index (χ1v) is 17.1. The number of anilines is 3. The summed E-state index contributed by atoms with van der Waals surface area (Å²) in [6.07, 6.45) is 0. The summed E-state index contributed by atoms with van der Waals surface area (Å²) in [7, 11) is 0. The topological polar surface area (TPSA) is 8.17 Å². The molecule has 0 aliphatic rings. The fourth-order valence-corrected chi connectivity index (χ4v) is 8.07. The second kappa shape index (κ2) is 11.0. The molecule has 236 valence electrons. The Hall–Kier alpha value is -6.45. The zero-order valence-corrected chi connectivity index (χ0v) is 27.4. The Morgan fingerprint density at radius 2 is 1.16 bits per heavy atom. The minimum atomic E-state index is -0.257. The first-order chi connectivity index (χ1) is 24.7. The number of halogens is 1. The highest BCUT2D eigenvalue weighted by Gasteiger charge is 2.21. The van der Waals surface area contributed by atoms with Crippen LogP contribution in [-0.4, -0.2) is 4.57 Å². The van der Waals surface area contributed by atoms with Gasteiger partial charge in [0, 0.05) is 33.2 Å². The van der Waals surface area contributed by atoms with Crippen LogP contribution in [0, 0.1) is 12.7 Å². The molecule has 50 heavy (non-hydrogen) atoms. The maximum absolute atomic E-state index is 15.3. The van der Waals surface area contributed by atoms with Gasteiger partial charge in [-0.05, 0) is 105 Å². The van der Waals surface area contributed by atoms with E-state index in [9.17, 15) is 0 Å². The molecule has 1 heterocycles. The molecule has 10 rings (SSSR count). The average Bonchev–Trinajstić information content (AvgIpc) is 3.50. The fourth-order valence-electron chi connectivity index (χ4n) is 8.07. The van der Waals surface area contributed by atoms with Crippen molar-refractivity contribution in [2.75, 3.05) is 4.90 Å². The molecule has 0 saturated carbocycles. The number of aromatic nitrogens is 1. The van der Waals surface area contributed by atoms with Crippen molar-refractivity contribution in [3.05, 3.63) is 181 Å². The minimum absolute atomic E-state index is 0.257. The summed E-state index contributed by atoms with van der Waals surface area (Å²) in [6, 6.07) is 59.1. The zero-order chi connectivity index (χ0) is 33.3. The molecule has 1 aromatic heterocycles. The Kier molecular flexibility index (Phi) is 6.31. The molecule has 0 amide bonds. The molecule has 0 bridgehead atoms. The minimum Gasteiger partial charge on any atom is -0.309 e. The van der Waals surface area contributed by atoms with E-state index in [0.717, 1.165) is 28.2 Å². The van der Waals surface area contributed by atoms with E-state index >= 15 is 4.39 Å². The highest BCUT2D eigenvalue weighted by atomic mass is 19.1. The summed E-state index contributed by atoms with van der Waals surface area (Å²) in [6.45, 7) is 2.06. The van der Waals surface area contributed by atoms with Gasteiger partial charge in [-0.25, -0.2) is 4.39 Å². The van der Waals surface area contributed by atoms with Crippen molar-refractivity contribution in [3.63, 3.8) is 0 Å². The summed E-state index contributed by atoms with van der Waals surface area (Å²) >= 11 is 0. The molecular formula is C47H31FN2. The number of benzene rings is 9. The van der Waals surface area contributed by atoms with E-state index in [4.69, 9.17) is 0 Å². The lowest BCUT2D eigenvalue weighted by Crippen LogP contribution is -2.12. The summed E-state index contributed by atoms with van der Waals surface area (Å²) in [5.74, 6) is -0.257. The van der Waals surface area contributed by atoms with Crippen molar-refractivity contribution in [3.8, 4) is 16.8 Å². The highest BCUT2D eigenvalue weighted by molar-refractivity contribution is 6.32. The largest absolute Gasteiger partial charge is 0.309 e. The Bertz CT molecular complexity index is 2840. The number of nitrogens with zero attached hydrogens (tertiary/aromatic N) is 2. The predicted molar refractivity (Wildman–Crippen MR) is 209 cm³/mol. The van der Waals surface area contributed by atoms with E-state index in [2.05, 4.69) is 139 Å². The monoisotopic (exact) mass is 642 g/mol. The van der Waals surface area contributed by atoms with Gasteiger partial charge in [0.05, 0.1) is 16.7 Å². The van der Waals surface area contributed by atoms with Crippen molar-refractivity contribution in [2.24, 2.45) is 0 Å². The Morgan fingerprint density at radius 1 is 0.500 bits per heavy atom. The van der Waals surface area contributed by atoms with Crippen LogP contribution >= 0.6 is 0 Å². The number of rotatable bonds is 5. The Balaban J connectivity index is 1.18. The predicted octanol–water partition coefficient (Wildman–Crippen LogP) is 13.3. The van der Waals surface area contributed by atoms with Gasteiger partial charge < -0.3 is 9.47 Å². The van der Waals surface area contributed by atoms with Crippen molar-refractivity contribution >= 4 is 71.2 Å². The first-order valence-electron chi connectivity index (χ1n) is 17.1. The van der Waals surface area contributed by atoms with Gasteiger partial charge in [-0.15, -0.1) is 0 Å². The third-order valence-corrected chi connectivity index (χ3v) is 10.3. The van der Waals surface area contributed by atoms with E-state index in [-0.39, 0.29) is 5.82 Å². The quantitative estimate of drug-likeness (QED) is 0.170. The molecule has 9 aromatic carbocycles. The number of hydrogen-bond donors (Lipinski definition) is 0. The van der Waals surface area contributed by atoms with E-state index < -0.39 is 0 Å². The molecular weight excluding hydrogens is 612 g/mol. The van der Waals surface area contributed by atoms with Gasteiger partial charge in [-0.1, -0.05) is 115 Å². The second-order valence-corrected chi connectivity index (χ2v) is 13.1. The molecule has 0 atom stereocenters. The first kappa shape index (κ1) is 28.6. The van der Waals surface area contributed by atoms with Crippen LogP contribution in [0.1, 0.15) is 5.56 Å². The highest BCUT2D eigenvalue weighted by Crippen LogP contribution is 2.45. The fraction of sp³-hybridized carbons (Fsp3) is 0.0213. The zero-order valence-electron chi connectivity index (χ0n) is 27.4. The summed E-state index contributed by atoms with van der Waals surface area (Å²) < 4.78 is 17.7. The molecule has 0 aliphatic heterocycles. The third-order valence-electron chi connectivity index (χ3n) is 10.3. The SMILES string of the molecule is Cc1ccccc1N(c1ccc(-c2ccc3ccc4cc5c6ccccc6n(-c6ccccc6)c5c5ccc2c3c45)cc1)c1ccccc1F. The lowest BCUT2D eigenvalue weighted by molar-refractivity contribution is 0.629. The molecule has 3 heteroatoms. The van der Waals surface area contributed by atoms with Gasteiger partial charge in [0.25, 0.3) is 0 Å². The maximum Gasteiger partial charge on any atom is 0.147 e. The number of para-hydroxylation sites is 4. The van der Waals surface area contributed by atoms with Gasteiger partial charge in [-0.3, -0.25) is 0 Å². The van der Waals surface area contributed by atoms with Crippen molar-refractivity contribution in [1.29, 1.82) is 0 Å². The molecule has 0 aliphatic carbocycles. The van der Waals surface area contributed by atoms with Crippen LogP contribution in [0.4, 0.5) is 21.5 Å². The number of fused-ring (bicyclic) bond motifs is 4. The van der Waals surface area contributed by atoms with Crippen molar-refractivity contribution in [2.45, 2.75) is 6.92 Å². The van der Waals surface area contributed by atoms with Crippen molar-refractivity contribution in [1.82, 2.24) is 4.57 Å². The molecule has 0 N–H and O–H groups in total. The third kappa shape index (κ3) is 4.20. The Labute approximate surface area is 289 Å². The molecule has 0 spiro atoms. The summed E-state index contributed by atoms with van der Waals surface area (Å²) in [5, 5.41) is 10.0. The van der Waals surface area contributed by atoms with Gasteiger partial charge in [-0.2, -0.15) is 0 Å². The van der Waals surface area contributed by atoms with Crippen LogP contribution in [0.5, 0.6) is 0 Å². The van der Waals surface area contributed by atoms with Gasteiger partial charge in [0.15, 0.2) is 0 Å². The number of hydrogen-bond acceptors (Lipinski definition) is 1. The van der Waals surface area contributed by atoms with E-state index in [1.807, 2.05) is 35.2 Å². The number of aryl methyl sites for hydroxylation is 1. The van der Waals surface area contributed by atoms with Crippen LogP contribution in [-0.2, 0) is 0 Å². The van der Waals surface area contributed by atoms with Gasteiger partial charge in [0.2, 0.25) is 0 Å². The van der Waals surface area contributed by atoms with E-state index in [1.54, 1.807) is 6.07 Å². The smallest absolute Gasteiger partial charge is 0.147 e.